The van der Waals surface area contributed by atoms with Gasteiger partial charge in [0.25, 0.3) is 0 Å². The molecule has 5 nitrogen and oxygen atoms in total. The minimum atomic E-state index is -0.515. The highest BCUT2D eigenvalue weighted by Gasteiger charge is 2.16. The smallest absolute Gasteiger partial charge is 0.246 e. The van der Waals surface area contributed by atoms with Crippen molar-refractivity contribution in [1.82, 2.24) is 5.32 Å². The summed E-state index contributed by atoms with van der Waals surface area (Å²) >= 11 is 0. The van der Waals surface area contributed by atoms with Gasteiger partial charge in [-0.15, -0.1) is 0 Å². The lowest BCUT2D eigenvalue weighted by Crippen LogP contribution is -2.36. The van der Waals surface area contributed by atoms with Gasteiger partial charge in [-0.1, -0.05) is 20.8 Å². The van der Waals surface area contributed by atoms with E-state index in [2.05, 4.69) is 5.32 Å². The van der Waals surface area contributed by atoms with E-state index < -0.39 is 6.10 Å². The fraction of sp³-hybridized carbons (Fsp3) is 0.909. The Morgan fingerprint density at radius 2 is 2.12 bits per heavy atom. The fourth-order valence-electron chi connectivity index (χ4n) is 1.31. The van der Waals surface area contributed by atoms with Gasteiger partial charge in [-0.2, -0.15) is 0 Å². The second-order valence-electron chi connectivity index (χ2n) is 5.06. The maximum absolute atomic E-state index is 11.2. The Balaban J connectivity index is 3.59. The minimum Gasteiger partial charge on any atom is -0.391 e. The second kappa shape index (κ2) is 7.60. The predicted molar refractivity (Wildman–Crippen MR) is 63.0 cm³/mol. The van der Waals surface area contributed by atoms with E-state index in [-0.39, 0.29) is 24.5 Å². The maximum atomic E-state index is 11.2. The first-order valence-corrected chi connectivity index (χ1v) is 5.58. The number of carbonyl (C=O) groups is 1. The standard InChI is InChI=1S/C11H24N2O3/c1-11(2,3)6-9(14)7-13-10(15)8-16-5-4-12/h9,14H,4-8,12H2,1-3H3,(H,13,15). The van der Waals surface area contributed by atoms with E-state index in [0.29, 0.717) is 19.6 Å². The normalized spacial score (nSPS) is 13.6. The van der Waals surface area contributed by atoms with Crippen molar-refractivity contribution < 1.29 is 14.6 Å². The minimum absolute atomic E-state index is 0.000558. The van der Waals surface area contributed by atoms with Crippen LogP contribution >= 0.6 is 0 Å². The molecular weight excluding hydrogens is 208 g/mol. The number of aliphatic hydroxyl groups excluding tert-OH is 1. The van der Waals surface area contributed by atoms with Crippen LogP contribution in [0, 0.1) is 5.41 Å². The molecule has 0 spiro atoms. The van der Waals surface area contributed by atoms with Crippen LogP contribution in [0.4, 0.5) is 0 Å². The third-order valence-electron chi connectivity index (χ3n) is 1.88. The zero-order chi connectivity index (χ0) is 12.6. The van der Waals surface area contributed by atoms with E-state index >= 15 is 0 Å². The number of nitrogens with one attached hydrogen (secondary N) is 1. The molecular formula is C11H24N2O3. The summed E-state index contributed by atoms with van der Waals surface area (Å²) in [6.07, 6.45) is 0.134. The molecule has 1 unspecified atom stereocenters. The number of aliphatic hydroxyl groups is 1. The van der Waals surface area contributed by atoms with Crippen molar-refractivity contribution in [3.05, 3.63) is 0 Å². The van der Waals surface area contributed by atoms with Crippen molar-refractivity contribution in [3.63, 3.8) is 0 Å². The summed E-state index contributed by atoms with van der Waals surface area (Å²) in [7, 11) is 0. The van der Waals surface area contributed by atoms with Crippen LogP contribution in [0.2, 0.25) is 0 Å². The van der Waals surface area contributed by atoms with E-state index in [1.54, 1.807) is 0 Å². The molecule has 0 aromatic carbocycles. The highest BCUT2D eigenvalue weighted by molar-refractivity contribution is 5.77. The summed E-state index contributed by atoms with van der Waals surface area (Å²) in [5, 5.41) is 12.2. The van der Waals surface area contributed by atoms with Gasteiger partial charge in [-0.25, -0.2) is 0 Å². The van der Waals surface area contributed by atoms with Gasteiger partial charge in [0.2, 0.25) is 5.91 Å². The average molecular weight is 232 g/mol. The van der Waals surface area contributed by atoms with Crippen LogP contribution in [0.15, 0.2) is 0 Å². The number of hydrogen-bond donors (Lipinski definition) is 3. The van der Waals surface area contributed by atoms with E-state index in [4.69, 9.17) is 10.5 Å². The van der Waals surface area contributed by atoms with Crippen molar-refractivity contribution in [2.24, 2.45) is 11.1 Å². The third-order valence-corrected chi connectivity index (χ3v) is 1.88. The first-order chi connectivity index (χ1) is 7.35. The van der Waals surface area contributed by atoms with Gasteiger partial charge in [-0.05, 0) is 11.8 Å². The van der Waals surface area contributed by atoms with Crippen molar-refractivity contribution >= 4 is 5.91 Å². The topological polar surface area (TPSA) is 84.6 Å². The zero-order valence-corrected chi connectivity index (χ0v) is 10.5. The Morgan fingerprint density at radius 1 is 1.50 bits per heavy atom. The Bertz CT molecular complexity index is 202. The summed E-state index contributed by atoms with van der Waals surface area (Å²) < 4.78 is 4.96. The molecule has 0 aromatic heterocycles. The molecule has 0 aliphatic carbocycles. The first kappa shape index (κ1) is 15.3. The number of ether oxygens (including phenoxy) is 1. The molecule has 0 saturated carbocycles. The van der Waals surface area contributed by atoms with Crippen molar-refractivity contribution in [2.45, 2.75) is 33.3 Å². The van der Waals surface area contributed by atoms with Crippen LogP contribution in [0.25, 0.3) is 0 Å². The molecule has 4 N–H and O–H groups in total. The lowest BCUT2D eigenvalue weighted by atomic mass is 9.89. The second-order valence-corrected chi connectivity index (χ2v) is 5.06. The first-order valence-electron chi connectivity index (χ1n) is 5.58. The summed E-state index contributed by atoms with van der Waals surface area (Å²) in [4.78, 5) is 11.2. The molecule has 1 amide bonds. The molecule has 1 atom stereocenters. The van der Waals surface area contributed by atoms with Gasteiger partial charge in [-0.3, -0.25) is 4.79 Å². The van der Waals surface area contributed by atoms with Gasteiger partial charge in [0.05, 0.1) is 12.7 Å². The third kappa shape index (κ3) is 9.89. The van der Waals surface area contributed by atoms with Crippen molar-refractivity contribution in [3.8, 4) is 0 Å². The molecule has 0 bridgehead atoms. The number of amides is 1. The Hall–Kier alpha value is -0.650. The van der Waals surface area contributed by atoms with Gasteiger partial charge < -0.3 is 20.9 Å². The van der Waals surface area contributed by atoms with E-state index in [9.17, 15) is 9.90 Å². The average Bonchev–Trinajstić information content (AvgIpc) is 2.12. The Kier molecular flexibility index (Phi) is 7.29. The molecule has 0 aliphatic heterocycles. The maximum Gasteiger partial charge on any atom is 0.246 e. The lowest BCUT2D eigenvalue weighted by molar-refractivity contribution is -0.126. The molecule has 0 aromatic rings. The molecule has 0 aliphatic rings. The highest BCUT2D eigenvalue weighted by atomic mass is 16.5. The number of nitrogens with two attached hydrogens (primary N) is 1. The Labute approximate surface area is 97.3 Å². The largest absolute Gasteiger partial charge is 0.391 e. The SMILES string of the molecule is CC(C)(C)CC(O)CNC(=O)COCCN. The highest BCUT2D eigenvalue weighted by Crippen LogP contribution is 2.20. The summed E-state index contributed by atoms with van der Waals surface area (Å²) in [6, 6.07) is 0. The number of rotatable bonds is 7. The van der Waals surface area contributed by atoms with Crippen LogP contribution in [0.5, 0.6) is 0 Å². The zero-order valence-electron chi connectivity index (χ0n) is 10.5. The fourth-order valence-corrected chi connectivity index (χ4v) is 1.31. The van der Waals surface area contributed by atoms with Crippen molar-refractivity contribution in [2.75, 3.05) is 26.3 Å². The van der Waals surface area contributed by atoms with Crippen LogP contribution in [0.1, 0.15) is 27.2 Å². The van der Waals surface area contributed by atoms with Crippen LogP contribution in [-0.4, -0.2) is 43.4 Å². The van der Waals surface area contributed by atoms with E-state index in [0.717, 1.165) is 0 Å². The van der Waals surface area contributed by atoms with Gasteiger partial charge in [0.15, 0.2) is 0 Å². The number of hydrogen-bond acceptors (Lipinski definition) is 4. The molecule has 96 valence electrons. The molecule has 0 rings (SSSR count). The molecule has 0 saturated heterocycles. The van der Waals surface area contributed by atoms with Crippen LogP contribution in [-0.2, 0) is 9.53 Å². The predicted octanol–water partition coefficient (Wildman–Crippen LogP) is -0.125. The molecule has 5 heteroatoms. The molecule has 16 heavy (non-hydrogen) atoms. The lowest BCUT2D eigenvalue weighted by Gasteiger charge is -2.22. The van der Waals surface area contributed by atoms with E-state index in [1.807, 2.05) is 20.8 Å². The monoisotopic (exact) mass is 232 g/mol. The van der Waals surface area contributed by atoms with Gasteiger partial charge in [0, 0.05) is 13.1 Å². The van der Waals surface area contributed by atoms with E-state index in [1.165, 1.54) is 0 Å². The van der Waals surface area contributed by atoms with Crippen molar-refractivity contribution in [1.29, 1.82) is 0 Å². The summed E-state index contributed by atoms with van der Waals surface area (Å²) in [6.45, 7) is 7.17. The number of carbonyl (C=O) groups excluding carboxylic acids is 1. The van der Waals surface area contributed by atoms with Crippen LogP contribution in [0.3, 0.4) is 0 Å². The quantitative estimate of drug-likeness (QED) is 0.534. The molecule has 0 fully saturated rings. The van der Waals surface area contributed by atoms with Gasteiger partial charge >= 0.3 is 0 Å². The summed E-state index contributed by atoms with van der Waals surface area (Å²) in [5.74, 6) is -0.221. The van der Waals surface area contributed by atoms with Crippen LogP contribution < -0.4 is 11.1 Å². The van der Waals surface area contributed by atoms with Gasteiger partial charge in [0.1, 0.15) is 6.61 Å². The Morgan fingerprint density at radius 3 is 2.62 bits per heavy atom. The summed E-state index contributed by atoms with van der Waals surface area (Å²) in [5.41, 5.74) is 5.27. The molecule has 0 heterocycles. The molecule has 0 radical (unpaired) electrons.